The van der Waals surface area contributed by atoms with Crippen LogP contribution in [-0.2, 0) is 19.6 Å². The third kappa shape index (κ3) is 6.26. The summed E-state index contributed by atoms with van der Waals surface area (Å²) in [6, 6.07) is 20.8. The van der Waals surface area contributed by atoms with Crippen molar-refractivity contribution in [2.24, 2.45) is 4.99 Å². The van der Waals surface area contributed by atoms with Crippen molar-refractivity contribution in [2.45, 2.75) is 37.5 Å². The second-order valence-electron chi connectivity index (χ2n) is 9.33. The van der Waals surface area contributed by atoms with E-state index in [0.717, 1.165) is 54.1 Å². The van der Waals surface area contributed by atoms with E-state index in [-0.39, 0.29) is 5.70 Å². The Bertz CT molecular complexity index is 1440. The first-order valence-electron chi connectivity index (χ1n) is 12.5. The first-order valence-corrected chi connectivity index (χ1v) is 13.9. The van der Waals surface area contributed by atoms with E-state index in [1.807, 2.05) is 73.5 Å². The lowest BCUT2D eigenvalue weighted by molar-refractivity contribution is -0.130. The smallest absolute Gasteiger partial charge is 0.365 e. The molecular weight excluding hydrogens is 486 g/mol. The molecule has 8 heteroatoms. The Morgan fingerprint density at radius 1 is 0.865 bits per heavy atom. The minimum atomic E-state index is -3.47. The van der Waals surface area contributed by atoms with Gasteiger partial charge in [0.1, 0.15) is 0 Å². The molecule has 0 saturated heterocycles. The van der Waals surface area contributed by atoms with Gasteiger partial charge in [0.05, 0.1) is 4.90 Å². The van der Waals surface area contributed by atoms with E-state index in [1.165, 1.54) is 4.31 Å². The molecule has 1 aliphatic rings. The summed E-state index contributed by atoms with van der Waals surface area (Å²) in [6.45, 7) is 3.05. The van der Waals surface area contributed by atoms with Crippen LogP contribution in [0.4, 0.5) is 0 Å². The standard InChI is InChI=1S/C29H33N3O4S/c1-22-13-6-9-18-27(22)37(34,35)32(3)20-11-5-4-10-19-31(2)21-26-29(33)36-28(30-26)25-17-12-15-23-14-7-8-16-24(23)25/h6-9,12-18,21H,4-5,10-11,19-20H2,1-3H3. The fraction of sp³-hybridized carbons (Fsp3) is 0.310. The molecule has 194 valence electrons. The Balaban J connectivity index is 1.25. The van der Waals surface area contributed by atoms with Gasteiger partial charge in [0.15, 0.2) is 5.70 Å². The second kappa shape index (κ2) is 11.7. The highest BCUT2D eigenvalue weighted by Crippen LogP contribution is 2.24. The van der Waals surface area contributed by atoms with Gasteiger partial charge in [-0.25, -0.2) is 22.5 Å². The molecule has 0 fully saturated rings. The van der Waals surface area contributed by atoms with Crippen molar-refractivity contribution in [3.63, 3.8) is 0 Å². The maximum Gasteiger partial charge on any atom is 0.365 e. The summed E-state index contributed by atoms with van der Waals surface area (Å²) in [7, 11) is 0.0750. The molecule has 7 nitrogen and oxygen atoms in total. The van der Waals surface area contributed by atoms with Crippen LogP contribution in [0.3, 0.4) is 0 Å². The molecule has 0 aromatic heterocycles. The lowest BCUT2D eigenvalue weighted by Gasteiger charge is -2.18. The van der Waals surface area contributed by atoms with Crippen LogP contribution >= 0.6 is 0 Å². The molecule has 1 heterocycles. The quantitative estimate of drug-likeness (QED) is 0.200. The number of aryl methyl sites for hydroxylation is 1. The SMILES string of the molecule is Cc1ccccc1S(=O)(=O)N(C)CCCCCCN(C)C=C1N=C(c2cccc3ccccc23)OC1=O. The van der Waals surface area contributed by atoms with Crippen molar-refractivity contribution in [3.8, 4) is 0 Å². The molecule has 0 N–H and O–H groups in total. The molecule has 0 unspecified atom stereocenters. The summed E-state index contributed by atoms with van der Waals surface area (Å²) in [5.41, 5.74) is 1.84. The number of ether oxygens (including phenoxy) is 1. The summed E-state index contributed by atoms with van der Waals surface area (Å²) in [5.74, 6) is -0.126. The largest absolute Gasteiger partial charge is 0.402 e. The van der Waals surface area contributed by atoms with Gasteiger partial charge < -0.3 is 9.64 Å². The van der Waals surface area contributed by atoms with Crippen LogP contribution in [0.5, 0.6) is 0 Å². The minimum Gasteiger partial charge on any atom is -0.402 e. The van der Waals surface area contributed by atoms with E-state index >= 15 is 0 Å². The molecule has 1 aliphatic heterocycles. The molecule has 3 aromatic carbocycles. The average Bonchev–Trinajstić information content (AvgIpc) is 3.25. The monoisotopic (exact) mass is 519 g/mol. The number of fused-ring (bicyclic) bond motifs is 1. The van der Waals surface area contributed by atoms with Crippen LogP contribution in [0.25, 0.3) is 10.8 Å². The van der Waals surface area contributed by atoms with Crippen LogP contribution in [0.1, 0.15) is 36.8 Å². The van der Waals surface area contributed by atoms with Crippen molar-refractivity contribution in [3.05, 3.63) is 89.8 Å². The summed E-state index contributed by atoms with van der Waals surface area (Å²) < 4.78 is 32.5. The van der Waals surface area contributed by atoms with E-state index in [4.69, 9.17) is 4.74 Å². The van der Waals surface area contributed by atoms with E-state index in [2.05, 4.69) is 4.99 Å². The predicted molar refractivity (Wildman–Crippen MR) is 147 cm³/mol. The van der Waals surface area contributed by atoms with Crippen LogP contribution < -0.4 is 0 Å². The predicted octanol–water partition coefficient (Wildman–Crippen LogP) is 5.11. The first kappa shape index (κ1) is 26.6. The fourth-order valence-corrected chi connectivity index (χ4v) is 5.81. The number of hydrogen-bond acceptors (Lipinski definition) is 6. The Hall–Kier alpha value is -3.49. The van der Waals surface area contributed by atoms with Gasteiger partial charge in [0, 0.05) is 38.9 Å². The number of rotatable bonds is 11. The van der Waals surface area contributed by atoms with Crippen molar-refractivity contribution in [1.29, 1.82) is 0 Å². The van der Waals surface area contributed by atoms with E-state index in [1.54, 1.807) is 25.4 Å². The number of benzene rings is 3. The highest BCUT2D eigenvalue weighted by molar-refractivity contribution is 7.89. The third-order valence-corrected chi connectivity index (χ3v) is 8.52. The van der Waals surface area contributed by atoms with Crippen LogP contribution in [0, 0.1) is 6.92 Å². The van der Waals surface area contributed by atoms with E-state index < -0.39 is 16.0 Å². The van der Waals surface area contributed by atoms with Gasteiger partial charge >= 0.3 is 5.97 Å². The maximum atomic E-state index is 12.8. The number of cyclic esters (lactones) is 1. The van der Waals surface area contributed by atoms with Gasteiger partial charge in [-0.1, -0.05) is 67.4 Å². The minimum absolute atomic E-state index is 0.286. The molecular formula is C29H33N3O4S. The lowest BCUT2D eigenvalue weighted by Crippen LogP contribution is -2.28. The number of nitrogens with zero attached hydrogens (tertiary/aromatic N) is 3. The number of aliphatic imine (C=N–C) groups is 1. The van der Waals surface area contributed by atoms with Crippen LogP contribution in [-0.4, -0.2) is 56.7 Å². The molecule has 0 amide bonds. The molecule has 4 rings (SSSR count). The van der Waals surface area contributed by atoms with Crippen molar-refractivity contribution < 1.29 is 17.9 Å². The summed E-state index contributed by atoms with van der Waals surface area (Å²) >= 11 is 0. The van der Waals surface area contributed by atoms with Gasteiger partial charge in [0.25, 0.3) is 0 Å². The average molecular weight is 520 g/mol. The number of sulfonamides is 1. The Morgan fingerprint density at radius 2 is 1.54 bits per heavy atom. The van der Waals surface area contributed by atoms with Gasteiger partial charge in [-0.3, -0.25) is 0 Å². The normalized spacial score (nSPS) is 14.9. The summed E-state index contributed by atoms with van der Waals surface area (Å²) in [5, 5.41) is 2.05. The van der Waals surface area contributed by atoms with Crippen LogP contribution in [0.2, 0.25) is 0 Å². The Morgan fingerprint density at radius 3 is 2.32 bits per heavy atom. The number of carbonyl (C=O) groups is 1. The van der Waals surface area contributed by atoms with Gasteiger partial charge in [-0.05, 0) is 48.2 Å². The number of hydrogen-bond donors (Lipinski definition) is 0. The number of unbranched alkanes of at least 4 members (excludes halogenated alkanes) is 3. The van der Waals surface area contributed by atoms with Crippen LogP contribution in [0.15, 0.2) is 88.5 Å². The Kier molecular flexibility index (Phi) is 8.41. The highest BCUT2D eigenvalue weighted by Gasteiger charge is 2.26. The molecule has 0 saturated carbocycles. The lowest BCUT2D eigenvalue weighted by atomic mass is 10.0. The number of esters is 1. The van der Waals surface area contributed by atoms with Crippen molar-refractivity contribution in [2.75, 3.05) is 27.2 Å². The molecule has 0 radical (unpaired) electrons. The maximum absolute atomic E-state index is 12.8. The van der Waals surface area contributed by atoms with E-state index in [9.17, 15) is 13.2 Å². The highest BCUT2D eigenvalue weighted by atomic mass is 32.2. The zero-order valence-electron chi connectivity index (χ0n) is 21.6. The molecule has 0 atom stereocenters. The Labute approximate surface area is 219 Å². The molecule has 0 aliphatic carbocycles. The summed E-state index contributed by atoms with van der Waals surface area (Å²) in [6.07, 6.45) is 5.31. The zero-order valence-corrected chi connectivity index (χ0v) is 22.4. The third-order valence-electron chi connectivity index (χ3n) is 6.50. The summed E-state index contributed by atoms with van der Waals surface area (Å²) in [4.78, 5) is 19.2. The topological polar surface area (TPSA) is 79.3 Å². The molecule has 0 spiro atoms. The van der Waals surface area contributed by atoms with Crippen molar-refractivity contribution >= 4 is 32.7 Å². The first-order chi connectivity index (χ1) is 17.8. The van der Waals surface area contributed by atoms with Gasteiger partial charge in [0.2, 0.25) is 15.9 Å². The van der Waals surface area contributed by atoms with E-state index in [0.29, 0.717) is 17.3 Å². The molecule has 3 aromatic rings. The fourth-order valence-electron chi connectivity index (χ4n) is 4.38. The van der Waals surface area contributed by atoms with Crippen molar-refractivity contribution in [1.82, 2.24) is 9.21 Å². The molecule has 37 heavy (non-hydrogen) atoms. The molecule has 0 bridgehead atoms. The number of carbonyl (C=O) groups excluding carboxylic acids is 1. The second-order valence-corrected chi connectivity index (χ2v) is 11.3. The van der Waals surface area contributed by atoms with Gasteiger partial charge in [-0.2, -0.15) is 0 Å². The van der Waals surface area contributed by atoms with Gasteiger partial charge in [-0.15, -0.1) is 0 Å². The zero-order chi connectivity index (χ0) is 26.4.